The van der Waals surface area contributed by atoms with Gasteiger partial charge >= 0.3 is 0 Å². The molecule has 0 radical (unpaired) electrons. The first-order valence-electron chi connectivity index (χ1n) is 9.16. The predicted molar refractivity (Wildman–Crippen MR) is 109 cm³/mol. The maximum Gasteiger partial charge on any atom is 0.244 e. The first kappa shape index (κ1) is 21.5. The topological polar surface area (TPSA) is 98.6 Å². The number of hydrogen-bond donors (Lipinski definition) is 0. The normalized spacial score (nSPS) is 16.5. The molecule has 2 aromatic rings. The molecule has 0 N–H and O–H groups in total. The molecule has 1 heterocycles. The molecule has 154 valence electrons. The third-order valence-electron chi connectivity index (χ3n) is 5.03. The second-order valence-electron chi connectivity index (χ2n) is 7.14. The first-order valence-corrected chi connectivity index (χ1v) is 12.0. The molecule has 1 aliphatic rings. The Balaban J connectivity index is 1.85. The average Bonchev–Trinajstić information content (AvgIpc) is 2.67. The number of benzene rings is 2. The SMILES string of the molecule is Cc1cc(C)c(S(=O)(=O)N2CCN(S(=O)(=O)c3ccccc3C#N)CC2)c(C)c1. The van der Waals surface area contributed by atoms with Crippen molar-refractivity contribution in [2.24, 2.45) is 0 Å². The summed E-state index contributed by atoms with van der Waals surface area (Å²) < 4.78 is 54.8. The Morgan fingerprint density at radius 2 is 1.31 bits per heavy atom. The second-order valence-corrected chi connectivity index (χ2v) is 10.9. The number of sulfonamides is 2. The van der Waals surface area contributed by atoms with Crippen LogP contribution in [0.1, 0.15) is 22.3 Å². The second kappa shape index (κ2) is 7.88. The van der Waals surface area contributed by atoms with Gasteiger partial charge in [0.05, 0.1) is 15.4 Å². The molecule has 0 aromatic heterocycles. The van der Waals surface area contributed by atoms with Gasteiger partial charge in [-0.1, -0.05) is 29.8 Å². The van der Waals surface area contributed by atoms with E-state index in [0.717, 1.165) is 5.56 Å². The minimum Gasteiger partial charge on any atom is -0.207 e. The molecule has 1 fully saturated rings. The van der Waals surface area contributed by atoms with Crippen molar-refractivity contribution in [3.8, 4) is 6.07 Å². The van der Waals surface area contributed by atoms with E-state index < -0.39 is 20.0 Å². The van der Waals surface area contributed by atoms with Crippen molar-refractivity contribution in [3.05, 3.63) is 58.7 Å². The summed E-state index contributed by atoms with van der Waals surface area (Å²) in [4.78, 5) is 0.235. The van der Waals surface area contributed by atoms with Crippen LogP contribution in [0.2, 0.25) is 0 Å². The van der Waals surface area contributed by atoms with E-state index in [1.54, 1.807) is 26.0 Å². The van der Waals surface area contributed by atoms with Crippen LogP contribution in [0.15, 0.2) is 46.2 Å². The Morgan fingerprint density at radius 3 is 1.83 bits per heavy atom. The highest BCUT2D eigenvalue weighted by atomic mass is 32.2. The van der Waals surface area contributed by atoms with Gasteiger partial charge in [0.25, 0.3) is 0 Å². The number of nitriles is 1. The predicted octanol–water partition coefficient (Wildman–Crippen LogP) is 2.18. The van der Waals surface area contributed by atoms with Crippen molar-refractivity contribution in [1.29, 1.82) is 5.26 Å². The van der Waals surface area contributed by atoms with Crippen LogP contribution in [0.3, 0.4) is 0 Å². The largest absolute Gasteiger partial charge is 0.244 e. The molecule has 0 amide bonds. The van der Waals surface area contributed by atoms with E-state index in [1.807, 2.05) is 25.1 Å². The molecule has 0 atom stereocenters. The number of nitrogens with zero attached hydrogens (tertiary/aromatic N) is 3. The van der Waals surface area contributed by atoms with E-state index in [2.05, 4.69) is 0 Å². The van der Waals surface area contributed by atoms with Crippen LogP contribution < -0.4 is 0 Å². The van der Waals surface area contributed by atoms with Crippen LogP contribution in [-0.2, 0) is 20.0 Å². The summed E-state index contributed by atoms with van der Waals surface area (Å²) >= 11 is 0. The molecule has 0 spiro atoms. The van der Waals surface area contributed by atoms with E-state index >= 15 is 0 Å². The fraction of sp³-hybridized carbons (Fsp3) is 0.350. The van der Waals surface area contributed by atoms with Gasteiger partial charge in [0.15, 0.2) is 0 Å². The van der Waals surface area contributed by atoms with Crippen LogP contribution in [0.25, 0.3) is 0 Å². The van der Waals surface area contributed by atoms with Gasteiger partial charge in [0, 0.05) is 26.2 Å². The van der Waals surface area contributed by atoms with Crippen molar-refractivity contribution in [1.82, 2.24) is 8.61 Å². The highest BCUT2D eigenvalue weighted by molar-refractivity contribution is 7.89. The quantitative estimate of drug-likeness (QED) is 0.736. The Morgan fingerprint density at radius 1 is 0.828 bits per heavy atom. The summed E-state index contributed by atoms with van der Waals surface area (Å²) in [7, 11) is -7.60. The Labute approximate surface area is 172 Å². The van der Waals surface area contributed by atoms with Crippen LogP contribution in [0.4, 0.5) is 0 Å². The number of piperazine rings is 1. The molecule has 1 aliphatic heterocycles. The van der Waals surface area contributed by atoms with Crippen molar-refractivity contribution >= 4 is 20.0 Å². The van der Waals surface area contributed by atoms with Crippen molar-refractivity contribution in [2.75, 3.05) is 26.2 Å². The summed E-state index contributed by atoms with van der Waals surface area (Å²) in [5, 5.41) is 9.21. The van der Waals surface area contributed by atoms with Gasteiger partial charge in [-0.25, -0.2) is 16.8 Å². The van der Waals surface area contributed by atoms with E-state index in [1.165, 1.54) is 20.7 Å². The fourth-order valence-electron chi connectivity index (χ4n) is 3.78. The van der Waals surface area contributed by atoms with Crippen LogP contribution in [-0.4, -0.2) is 51.6 Å². The Hall–Kier alpha value is -2.25. The fourth-order valence-corrected chi connectivity index (χ4v) is 7.17. The summed E-state index contributed by atoms with van der Waals surface area (Å²) in [6, 6.07) is 11.6. The lowest BCUT2D eigenvalue weighted by Crippen LogP contribution is -2.50. The van der Waals surface area contributed by atoms with E-state index in [0.29, 0.717) is 11.1 Å². The van der Waals surface area contributed by atoms with Gasteiger partial charge in [-0.3, -0.25) is 0 Å². The zero-order valence-electron chi connectivity index (χ0n) is 16.6. The molecule has 0 unspecified atom stereocenters. The van der Waals surface area contributed by atoms with E-state index in [-0.39, 0.29) is 41.5 Å². The minimum atomic E-state index is -3.87. The van der Waals surface area contributed by atoms with Crippen molar-refractivity contribution < 1.29 is 16.8 Å². The molecule has 1 saturated heterocycles. The van der Waals surface area contributed by atoms with Gasteiger partial charge in [-0.2, -0.15) is 13.9 Å². The highest BCUT2D eigenvalue weighted by Crippen LogP contribution is 2.27. The van der Waals surface area contributed by atoms with Gasteiger partial charge in [0.1, 0.15) is 6.07 Å². The molecular formula is C20H23N3O4S2. The summed E-state index contributed by atoms with van der Waals surface area (Å²) in [5.41, 5.74) is 2.43. The van der Waals surface area contributed by atoms with Gasteiger partial charge in [0.2, 0.25) is 20.0 Å². The van der Waals surface area contributed by atoms with Crippen LogP contribution in [0.5, 0.6) is 0 Å². The van der Waals surface area contributed by atoms with Crippen molar-refractivity contribution in [2.45, 2.75) is 30.6 Å². The molecule has 0 bridgehead atoms. The average molecular weight is 434 g/mol. The molecule has 3 rings (SSSR count). The number of aryl methyl sites for hydroxylation is 3. The highest BCUT2D eigenvalue weighted by Gasteiger charge is 2.35. The maximum atomic E-state index is 13.2. The van der Waals surface area contributed by atoms with Gasteiger partial charge < -0.3 is 0 Å². The first-order chi connectivity index (χ1) is 13.6. The van der Waals surface area contributed by atoms with Gasteiger partial charge in [-0.15, -0.1) is 0 Å². The third kappa shape index (κ3) is 3.94. The molecule has 29 heavy (non-hydrogen) atoms. The molecule has 9 heteroatoms. The summed E-state index contributed by atoms with van der Waals surface area (Å²) in [6.07, 6.45) is 0. The lowest BCUT2D eigenvalue weighted by Gasteiger charge is -2.34. The molecule has 2 aromatic carbocycles. The van der Waals surface area contributed by atoms with Gasteiger partial charge in [-0.05, 0) is 44.0 Å². The van der Waals surface area contributed by atoms with E-state index in [4.69, 9.17) is 0 Å². The standard InChI is InChI=1S/C20H23N3O4S2/c1-15-12-16(2)20(17(3)13-15)29(26,27)23-10-8-22(9-11-23)28(24,25)19-7-5-4-6-18(19)14-21/h4-7,12-13H,8-11H2,1-3H3. The third-order valence-corrected chi connectivity index (χ3v) is 9.19. The monoisotopic (exact) mass is 433 g/mol. The molecular weight excluding hydrogens is 410 g/mol. The minimum absolute atomic E-state index is 0.0330. The van der Waals surface area contributed by atoms with Crippen LogP contribution in [0, 0.1) is 32.1 Å². The molecule has 0 aliphatic carbocycles. The molecule has 7 nitrogen and oxygen atoms in total. The molecule has 0 saturated carbocycles. The van der Waals surface area contributed by atoms with Crippen molar-refractivity contribution in [3.63, 3.8) is 0 Å². The Kier molecular flexibility index (Phi) is 5.83. The lowest BCUT2D eigenvalue weighted by atomic mass is 10.1. The van der Waals surface area contributed by atoms with Crippen LogP contribution >= 0.6 is 0 Å². The zero-order chi connectivity index (χ0) is 21.4. The zero-order valence-corrected chi connectivity index (χ0v) is 18.2. The smallest absolute Gasteiger partial charge is 0.207 e. The van der Waals surface area contributed by atoms with E-state index in [9.17, 15) is 22.1 Å². The maximum absolute atomic E-state index is 13.2. The Bertz CT molecular complexity index is 1170. The number of hydrogen-bond acceptors (Lipinski definition) is 5. The summed E-state index contributed by atoms with van der Waals surface area (Å²) in [6.45, 7) is 5.64. The lowest BCUT2D eigenvalue weighted by molar-refractivity contribution is 0.272. The number of rotatable bonds is 4. The summed E-state index contributed by atoms with van der Waals surface area (Å²) in [5.74, 6) is 0.